The second-order valence-electron chi connectivity index (χ2n) is 4.83. The van der Waals surface area contributed by atoms with Crippen molar-refractivity contribution in [1.29, 1.82) is 0 Å². The average Bonchev–Trinajstić information content (AvgIpc) is 2.89. The van der Waals surface area contributed by atoms with Gasteiger partial charge in [-0.05, 0) is 18.8 Å². The Morgan fingerprint density at radius 3 is 2.87 bits per heavy atom. The summed E-state index contributed by atoms with van der Waals surface area (Å²) >= 11 is 0. The van der Waals surface area contributed by atoms with Crippen molar-refractivity contribution in [2.24, 2.45) is 17.8 Å². The van der Waals surface area contributed by atoms with E-state index in [2.05, 4.69) is 12.2 Å². The van der Waals surface area contributed by atoms with Gasteiger partial charge in [-0.1, -0.05) is 12.2 Å². The van der Waals surface area contributed by atoms with Gasteiger partial charge >= 0.3 is 0 Å². The molecule has 0 aromatic rings. The number of aliphatic hydroxyl groups excluding tert-OH is 1. The summed E-state index contributed by atoms with van der Waals surface area (Å²) in [5.74, 6) is 1.03. The highest BCUT2D eigenvalue weighted by atomic mass is 16.7. The SMILES string of the molecule is OC[C@@H]1C=CC[C@@H]2[C@H]1CCC21OCCO1. The molecule has 1 saturated carbocycles. The van der Waals surface area contributed by atoms with Crippen LogP contribution in [0.5, 0.6) is 0 Å². The molecule has 3 nitrogen and oxygen atoms in total. The number of hydrogen-bond acceptors (Lipinski definition) is 3. The maximum Gasteiger partial charge on any atom is 0.171 e. The van der Waals surface area contributed by atoms with Crippen LogP contribution >= 0.6 is 0 Å². The molecule has 0 radical (unpaired) electrons. The zero-order chi connectivity index (χ0) is 10.3. The van der Waals surface area contributed by atoms with E-state index in [1.54, 1.807) is 0 Å². The lowest BCUT2D eigenvalue weighted by molar-refractivity contribution is -0.188. The van der Waals surface area contributed by atoms with Crippen LogP contribution in [0.15, 0.2) is 12.2 Å². The molecule has 0 aromatic heterocycles. The topological polar surface area (TPSA) is 38.7 Å². The summed E-state index contributed by atoms with van der Waals surface area (Å²) in [6, 6.07) is 0. The van der Waals surface area contributed by atoms with Gasteiger partial charge in [0.25, 0.3) is 0 Å². The summed E-state index contributed by atoms with van der Waals surface area (Å²) in [5.41, 5.74) is 0. The number of hydrogen-bond donors (Lipinski definition) is 1. The van der Waals surface area contributed by atoms with E-state index in [9.17, 15) is 5.11 Å². The summed E-state index contributed by atoms with van der Waals surface area (Å²) in [6.07, 6.45) is 7.51. The van der Waals surface area contributed by atoms with Crippen molar-refractivity contribution < 1.29 is 14.6 Å². The second kappa shape index (κ2) is 3.58. The number of rotatable bonds is 1. The smallest absolute Gasteiger partial charge is 0.171 e. The van der Waals surface area contributed by atoms with Crippen LogP contribution in [-0.2, 0) is 9.47 Å². The van der Waals surface area contributed by atoms with Gasteiger partial charge in [-0.3, -0.25) is 0 Å². The fourth-order valence-corrected chi connectivity index (χ4v) is 3.52. The van der Waals surface area contributed by atoms with Crippen molar-refractivity contribution in [2.75, 3.05) is 19.8 Å². The molecule has 1 aliphatic heterocycles. The lowest BCUT2D eigenvalue weighted by Gasteiger charge is -2.35. The third kappa shape index (κ3) is 1.37. The zero-order valence-corrected chi connectivity index (χ0v) is 8.89. The quantitative estimate of drug-likeness (QED) is 0.663. The molecule has 0 amide bonds. The van der Waals surface area contributed by atoms with Gasteiger partial charge in [0.1, 0.15) is 0 Å². The molecular weight excluding hydrogens is 192 g/mol. The van der Waals surface area contributed by atoms with E-state index < -0.39 is 0 Å². The molecule has 0 unspecified atom stereocenters. The highest BCUT2D eigenvalue weighted by molar-refractivity contribution is 5.08. The number of allylic oxidation sites excluding steroid dienone is 1. The molecule has 2 fully saturated rings. The number of aliphatic hydroxyl groups is 1. The molecule has 84 valence electrons. The normalized spacial score (nSPS) is 42.3. The Kier molecular flexibility index (Phi) is 2.34. The Balaban J connectivity index is 1.85. The Morgan fingerprint density at radius 1 is 1.33 bits per heavy atom. The second-order valence-corrected chi connectivity index (χ2v) is 4.83. The summed E-state index contributed by atoms with van der Waals surface area (Å²) in [4.78, 5) is 0. The van der Waals surface area contributed by atoms with Crippen molar-refractivity contribution >= 4 is 0 Å². The van der Waals surface area contributed by atoms with Gasteiger partial charge in [0.05, 0.1) is 13.2 Å². The van der Waals surface area contributed by atoms with Crippen molar-refractivity contribution in [3.05, 3.63) is 12.2 Å². The molecular formula is C12H18O3. The molecule has 1 N–H and O–H groups in total. The average molecular weight is 210 g/mol. The first-order chi connectivity index (χ1) is 7.36. The number of ether oxygens (including phenoxy) is 2. The van der Waals surface area contributed by atoms with Crippen LogP contribution in [0.4, 0.5) is 0 Å². The molecule has 2 aliphatic carbocycles. The first-order valence-electron chi connectivity index (χ1n) is 5.91. The predicted octanol–water partition coefficient (Wildman–Crippen LogP) is 1.32. The summed E-state index contributed by atoms with van der Waals surface area (Å²) in [5, 5.41) is 9.34. The minimum Gasteiger partial charge on any atom is -0.396 e. The molecule has 3 atom stereocenters. The zero-order valence-electron chi connectivity index (χ0n) is 8.89. The van der Waals surface area contributed by atoms with Gasteiger partial charge in [0.2, 0.25) is 0 Å². The van der Waals surface area contributed by atoms with Crippen LogP contribution in [0.1, 0.15) is 19.3 Å². The van der Waals surface area contributed by atoms with Gasteiger partial charge in [-0.15, -0.1) is 0 Å². The molecule has 3 heteroatoms. The van der Waals surface area contributed by atoms with E-state index in [4.69, 9.17) is 9.47 Å². The molecule has 0 bridgehead atoms. The van der Waals surface area contributed by atoms with Gasteiger partial charge in [0, 0.05) is 24.9 Å². The molecule has 1 saturated heterocycles. The van der Waals surface area contributed by atoms with Crippen LogP contribution in [0.2, 0.25) is 0 Å². The van der Waals surface area contributed by atoms with Crippen LogP contribution < -0.4 is 0 Å². The van der Waals surface area contributed by atoms with Crippen molar-refractivity contribution in [3.63, 3.8) is 0 Å². The summed E-state index contributed by atoms with van der Waals surface area (Å²) < 4.78 is 11.7. The van der Waals surface area contributed by atoms with Crippen LogP contribution in [-0.4, -0.2) is 30.7 Å². The molecule has 1 heterocycles. The van der Waals surface area contributed by atoms with E-state index in [1.807, 2.05) is 0 Å². The van der Waals surface area contributed by atoms with E-state index in [0.717, 1.165) is 32.5 Å². The van der Waals surface area contributed by atoms with E-state index in [0.29, 0.717) is 17.8 Å². The first kappa shape index (κ1) is 9.82. The van der Waals surface area contributed by atoms with E-state index >= 15 is 0 Å². The van der Waals surface area contributed by atoms with Gasteiger partial charge in [-0.2, -0.15) is 0 Å². The summed E-state index contributed by atoms with van der Waals surface area (Å²) in [7, 11) is 0. The van der Waals surface area contributed by atoms with Crippen molar-refractivity contribution in [1.82, 2.24) is 0 Å². The minimum atomic E-state index is -0.303. The minimum absolute atomic E-state index is 0.258. The Labute approximate surface area is 90.1 Å². The van der Waals surface area contributed by atoms with Crippen molar-refractivity contribution in [3.8, 4) is 0 Å². The fraction of sp³-hybridized carbons (Fsp3) is 0.833. The molecule has 3 rings (SSSR count). The Morgan fingerprint density at radius 2 is 2.13 bits per heavy atom. The van der Waals surface area contributed by atoms with Crippen LogP contribution in [0, 0.1) is 17.8 Å². The lowest BCUT2D eigenvalue weighted by Crippen LogP contribution is -2.39. The monoisotopic (exact) mass is 210 g/mol. The predicted molar refractivity (Wildman–Crippen MR) is 55.2 cm³/mol. The lowest BCUT2D eigenvalue weighted by atomic mass is 9.77. The van der Waals surface area contributed by atoms with Gasteiger partial charge in [0.15, 0.2) is 5.79 Å². The molecule has 1 spiro atoms. The van der Waals surface area contributed by atoms with Gasteiger partial charge < -0.3 is 14.6 Å². The molecule has 15 heavy (non-hydrogen) atoms. The standard InChI is InChI=1S/C12H18O3/c13-8-9-2-1-3-11-10(9)4-5-12(11)14-6-7-15-12/h1-2,9-11,13H,3-8H2/t9-,10-,11+/m0/s1. The highest BCUT2D eigenvalue weighted by Crippen LogP contribution is 2.52. The van der Waals surface area contributed by atoms with Crippen molar-refractivity contribution in [2.45, 2.75) is 25.0 Å². The fourth-order valence-electron chi connectivity index (χ4n) is 3.52. The third-order valence-corrected chi connectivity index (χ3v) is 4.22. The summed E-state index contributed by atoms with van der Waals surface area (Å²) in [6.45, 7) is 1.72. The highest BCUT2D eigenvalue weighted by Gasteiger charge is 2.54. The maximum absolute atomic E-state index is 9.34. The van der Waals surface area contributed by atoms with E-state index in [1.165, 1.54) is 0 Å². The van der Waals surface area contributed by atoms with Gasteiger partial charge in [-0.25, -0.2) is 0 Å². The van der Waals surface area contributed by atoms with Crippen LogP contribution in [0.3, 0.4) is 0 Å². The molecule has 0 aromatic carbocycles. The third-order valence-electron chi connectivity index (χ3n) is 4.22. The Bertz CT molecular complexity index is 268. The number of fused-ring (bicyclic) bond motifs is 2. The maximum atomic E-state index is 9.34. The van der Waals surface area contributed by atoms with E-state index in [-0.39, 0.29) is 12.4 Å². The Hall–Kier alpha value is -0.380. The largest absolute Gasteiger partial charge is 0.396 e. The van der Waals surface area contributed by atoms with Crippen LogP contribution in [0.25, 0.3) is 0 Å². The first-order valence-corrected chi connectivity index (χ1v) is 5.91. The molecule has 3 aliphatic rings.